The summed E-state index contributed by atoms with van der Waals surface area (Å²) in [4.78, 5) is 9.40. The van der Waals surface area contributed by atoms with Crippen LogP contribution in [0.15, 0.2) is 38.4 Å². The van der Waals surface area contributed by atoms with Crippen LogP contribution in [0.25, 0.3) is 0 Å². The molecule has 0 bridgehead atoms. The van der Waals surface area contributed by atoms with Gasteiger partial charge in [-0.3, -0.25) is 9.89 Å². The van der Waals surface area contributed by atoms with Crippen molar-refractivity contribution in [3.05, 3.63) is 41.7 Å². The largest absolute Gasteiger partial charge is 0.469 e. The molecule has 2 aromatic heterocycles. The van der Waals surface area contributed by atoms with Crippen LogP contribution in [0.1, 0.15) is 17.2 Å². The van der Waals surface area contributed by atoms with Crippen LogP contribution in [0.2, 0.25) is 0 Å². The summed E-state index contributed by atoms with van der Waals surface area (Å²) in [5.41, 5.74) is 0.992. The molecule has 0 spiro atoms. The Bertz CT molecular complexity index is 696. The van der Waals surface area contributed by atoms with E-state index in [2.05, 4.69) is 20.3 Å². The van der Waals surface area contributed by atoms with Crippen molar-refractivity contribution in [2.24, 2.45) is 4.99 Å². The molecule has 1 aliphatic rings. The highest BCUT2D eigenvalue weighted by molar-refractivity contribution is 14.0. The van der Waals surface area contributed by atoms with Gasteiger partial charge in [-0.1, -0.05) is 5.16 Å². The Hall–Kier alpha value is -1.59. The summed E-state index contributed by atoms with van der Waals surface area (Å²) < 4.78 is 15.7. The zero-order valence-electron chi connectivity index (χ0n) is 16.6. The van der Waals surface area contributed by atoms with Gasteiger partial charge >= 0.3 is 0 Å². The Morgan fingerprint density at radius 2 is 2.14 bits per heavy atom. The predicted octanol–water partition coefficient (Wildman–Crippen LogP) is 2.15. The summed E-state index contributed by atoms with van der Waals surface area (Å²) in [6.07, 6.45) is 2.54. The molecular weight excluding hydrogens is 473 g/mol. The molecule has 0 atom stereocenters. The number of hydrogen-bond donors (Lipinski definition) is 1. The van der Waals surface area contributed by atoms with Gasteiger partial charge < -0.3 is 23.9 Å². The van der Waals surface area contributed by atoms with Crippen LogP contribution in [0.3, 0.4) is 0 Å². The Morgan fingerprint density at radius 1 is 1.32 bits per heavy atom. The van der Waals surface area contributed by atoms with E-state index in [0.29, 0.717) is 13.2 Å². The minimum atomic E-state index is 0. The third kappa shape index (κ3) is 7.10. The van der Waals surface area contributed by atoms with Crippen molar-refractivity contribution in [3.63, 3.8) is 0 Å². The number of halogens is 1. The van der Waals surface area contributed by atoms with Crippen molar-refractivity contribution in [3.8, 4) is 0 Å². The topological polar surface area (TPSA) is 79.3 Å². The fourth-order valence-corrected chi connectivity index (χ4v) is 3.10. The van der Waals surface area contributed by atoms with Gasteiger partial charge in [0.1, 0.15) is 11.5 Å². The molecule has 0 unspecified atom stereocenters. The molecule has 156 valence electrons. The molecule has 1 N–H and O–H groups in total. The van der Waals surface area contributed by atoms with Crippen molar-refractivity contribution in [1.82, 2.24) is 20.3 Å². The molecule has 0 amide bonds. The molecule has 2 aromatic rings. The number of furan rings is 1. The predicted molar refractivity (Wildman–Crippen MR) is 118 cm³/mol. The Labute approximate surface area is 183 Å². The number of rotatable bonds is 8. The van der Waals surface area contributed by atoms with Crippen molar-refractivity contribution >= 4 is 29.9 Å². The van der Waals surface area contributed by atoms with Gasteiger partial charge in [-0.25, -0.2) is 0 Å². The first-order valence-corrected chi connectivity index (χ1v) is 9.43. The summed E-state index contributed by atoms with van der Waals surface area (Å²) in [6.45, 7) is 8.60. The van der Waals surface area contributed by atoms with E-state index in [1.54, 1.807) is 13.4 Å². The molecule has 0 aromatic carbocycles. The van der Waals surface area contributed by atoms with Crippen LogP contribution in [0.4, 0.5) is 0 Å². The lowest BCUT2D eigenvalue weighted by atomic mass is 10.3. The van der Waals surface area contributed by atoms with Crippen LogP contribution in [-0.4, -0.2) is 73.9 Å². The van der Waals surface area contributed by atoms with Crippen molar-refractivity contribution in [2.75, 3.05) is 53.0 Å². The number of guanidine groups is 1. The van der Waals surface area contributed by atoms with Crippen molar-refractivity contribution in [1.29, 1.82) is 0 Å². The third-order valence-electron chi connectivity index (χ3n) is 4.53. The summed E-state index contributed by atoms with van der Waals surface area (Å²) in [6, 6.07) is 5.91. The fraction of sp³-hybridized carbons (Fsp3) is 0.579. The first-order chi connectivity index (χ1) is 13.2. The first kappa shape index (κ1) is 22.7. The second kappa shape index (κ2) is 12.1. The zero-order chi connectivity index (χ0) is 18.9. The smallest absolute Gasteiger partial charge is 0.194 e. The zero-order valence-corrected chi connectivity index (χ0v) is 18.9. The van der Waals surface area contributed by atoms with E-state index in [9.17, 15) is 0 Å². The lowest BCUT2D eigenvalue weighted by Crippen LogP contribution is -2.52. The molecule has 3 rings (SSSR count). The Balaban J connectivity index is 0.00000280. The minimum Gasteiger partial charge on any atom is -0.469 e. The van der Waals surface area contributed by atoms with E-state index in [0.717, 1.165) is 68.9 Å². The van der Waals surface area contributed by atoms with Gasteiger partial charge in [0.05, 0.1) is 25.1 Å². The molecule has 9 heteroatoms. The maximum atomic E-state index is 5.40. The molecule has 1 aliphatic heterocycles. The van der Waals surface area contributed by atoms with E-state index in [1.807, 2.05) is 25.1 Å². The molecule has 1 saturated heterocycles. The highest BCUT2D eigenvalue weighted by atomic mass is 127. The number of hydrogen-bond acceptors (Lipinski definition) is 6. The van der Waals surface area contributed by atoms with Gasteiger partial charge in [0.15, 0.2) is 5.96 Å². The molecule has 0 saturated carbocycles. The quantitative estimate of drug-likeness (QED) is 0.256. The SMILES string of the molecule is COCCN=C(NCCc1ccco1)N1CCN(Cc2cc(C)on2)CC1.I. The van der Waals surface area contributed by atoms with Gasteiger partial charge in [0.2, 0.25) is 0 Å². The molecule has 3 heterocycles. The van der Waals surface area contributed by atoms with E-state index in [-0.39, 0.29) is 24.0 Å². The summed E-state index contributed by atoms with van der Waals surface area (Å²) >= 11 is 0. The number of ether oxygens (including phenoxy) is 1. The maximum absolute atomic E-state index is 5.40. The second-order valence-corrected chi connectivity index (χ2v) is 6.65. The number of nitrogens with one attached hydrogen (secondary N) is 1. The molecule has 28 heavy (non-hydrogen) atoms. The lowest BCUT2D eigenvalue weighted by Gasteiger charge is -2.36. The van der Waals surface area contributed by atoms with Crippen LogP contribution in [0.5, 0.6) is 0 Å². The monoisotopic (exact) mass is 503 g/mol. The Morgan fingerprint density at radius 3 is 2.79 bits per heavy atom. The highest BCUT2D eigenvalue weighted by Gasteiger charge is 2.20. The van der Waals surface area contributed by atoms with E-state index >= 15 is 0 Å². The minimum absolute atomic E-state index is 0. The van der Waals surface area contributed by atoms with Crippen LogP contribution < -0.4 is 5.32 Å². The lowest BCUT2D eigenvalue weighted by molar-refractivity contribution is 0.168. The molecule has 8 nitrogen and oxygen atoms in total. The normalized spacial score (nSPS) is 15.5. The van der Waals surface area contributed by atoms with Crippen molar-refractivity contribution in [2.45, 2.75) is 19.9 Å². The molecule has 1 fully saturated rings. The number of aliphatic imine (C=N–C) groups is 1. The van der Waals surface area contributed by atoms with Crippen LogP contribution >= 0.6 is 24.0 Å². The Kier molecular flexibility index (Phi) is 9.79. The fourth-order valence-electron chi connectivity index (χ4n) is 3.10. The number of methoxy groups -OCH3 is 1. The number of nitrogens with zero attached hydrogens (tertiary/aromatic N) is 4. The summed E-state index contributed by atoms with van der Waals surface area (Å²) in [5, 5.41) is 7.56. The van der Waals surface area contributed by atoms with E-state index in [1.165, 1.54) is 0 Å². The average Bonchev–Trinajstić information content (AvgIpc) is 3.33. The molecular formula is C19H30IN5O3. The average molecular weight is 503 g/mol. The standard InChI is InChI=1S/C19H29N5O3.HI/c1-16-14-17(22-27-16)15-23-8-10-24(11-9-23)19(21-7-13-25-2)20-6-5-18-4-3-12-26-18;/h3-4,12,14H,5-11,13,15H2,1-2H3,(H,20,21);1H. The maximum Gasteiger partial charge on any atom is 0.194 e. The third-order valence-corrected chi connectivity index (χ3v) is 4.53. The highest BCUT2D eigenvalue weighted by Crippen LogP contribution is 2.09. The van der Waals surface area contributed by atoms with Gasteiger partial charge in [0.25, 0.3) is 0 Å². The van der Waals surface area contributed by atoms with Gasteiger partial charge in [-0.15, -0.1) is 24.0 Å². The van der Waals surface area contributed by atoms with E-state index in [4.69, 9.17) is 18.7 Å². The molecule has 0 aliphatic carbocycles. The van der Waals surface area contributed by atoms with E-state index < -0.39 is 0 Å². The molecule has 0 radical (unpaired) electrons. The summed E-state index contributed by atoms with van der Waals surface area (Å²) in [7, 11) is 1.70. The van der Waals surface area contributed by atoms with Gasteiger partial charge in [-0.2, -0.15) is 0 Å². The number of aromatic nitrogens is 1. The first-order valence-electron chi connectivity index (χ1n) is 9.43. The van der Waals surface area contributed by atoms with Crippen molar-refractivity contribution < 1.29 is 13.7 Å². The van der Waals surface area contributed by atoms with Gasteiger partial charge in [-0.05, 0) is 19.1 Å². The van der Waals surface area contributed by atoms with Crippen LogP contribution in [-0.2, 0) is 17.7 Å². The second-order valence-electron chi connectivity index (χ2n) is 6.65. The number of piperazine rings is 1. The summed E-state index contributed by atoms with van der Waals surface area (Å²) in [5.74, 6) is 2.78. The van der Waals surface area contributed by atoms with Crippen LogP contribution in [0, 0.1) is 6.92 Å². The number of aryl methyl sites for hydroxylation is 1. The van der Waals surface area contributed by atoms with Gasteiger partial charge in [0, 0.05) is 58.9 Å².